The second-order valence-electron chi connectivity index (χ2n) is 4.36. The number of hydrogen-bond acceptors (Lipinski definition) is 5. The molecule has 0 atom stereocenters. The Hall–Kier alpha value is -2.47. The van der Waals surface area contributed by atoms with Crippen LogP contribution in [0, 0.1) is 0 Å². The van der Waals surface area contributed by atoms with Crippen LogP contribution in [0.2, 0.25) is 0 Å². The van der Waals surface area contributed by atoms with Crippen LogP contribution in [0.3, 0.4) is 0 Å². The van der Waals surface area contributed by atoms with E-state index >= 15 is 0 Å². The third-order valence-electron chi connectivity index (χ3n) is 2.80. The number of phenols is 1. The maximum Gasteiger partial charge on any atom is 0.264 e. The summed E-state index contributed by atoms with van der Waals surface area (Å²) < 4.78 is 5.19. The summed E-state index contributed by atoms with van der Waals surface area (Å²) in [6.45, 7) is 0.391. The Kier molecular flexibility index (Phi) is 3.79. The summed E-state index contributed by atoms with van der Waals surface area (Å²) in [4.78, 5) is 16.7. The monoisotopic (exact) mass is 300 g/mol. The van der Waals surface area contributed by atoms with Crippen LogP contribution in [0.5, 0.6) is 5.75 Å². The van der Waals surface area contributed by atoms with E-state index in [2.05, 4.69) is 10.3 Å². The van der Waals surface area contributed by atoms with Gasteiger partial charge in [-0.2, -0.15) is 0 Å². The maximum atomic E-state index is 11.9. The number of carbonyl (C=O) groups excluding carboxylic acids is 1. The molecule has 1 aliphatic heterocycles. The van der Waals surface area contributed by atoms with E-state index in [9.17, 15) is 9.90 Å². The van der Waals surface area contributed by atoms with Gasteiger partial charge in [-0.05, 0) is 47.7 Å². The van der Waals surface area contributed by atoms with Crippen molar-refractivity contribution in [3.63, 3.8) is 0 Å². The fourth-order valence-corrected chi connectivity index (χ4v) is 2.60. The van der Waals surface area contributed by atoms with Gasteiger partial charge in [-0.3, -0.25) is 9.79 Å². The topological polar surface area (TPSA) is 74.8 Å². The number of aromatic hydroxyl groups is 1. The minimum Gasteiger partial charge on any atom is -0.508 e. The van der Waals surface area contributed by atoms with Crippen molar-refractivity contribution >= 4 is 28.9 Å². The van der Waals surface area contributed by atoms with Gasteiger partial charge in [-0.25, -0.2) is 0 Å². The van der Waals surface area contributed by atoms with Crippen LogP contribution in [0.4, 0.5) is 0 Å². The lowest BCUT2D eigenvalue weighted by atomic mass is 10.2. The molecule has 106 valence electrons. The summed E-state index contributed by atoms with van der Waals surface area (Å²) in [6.07, 6.45) is 3.35. The number of amides is 1. The standard InChI is InChI=1S/C15H12N2O3S/c18-11-5-3-10(4-6-11)8-13-14(19)17-15(21-13)16-9-12-2-1-7-20-12/h1-8,18H,9H2,(H,16,17,19)/b13-8-. The average Bonchev–Trinajstić information content (AvgIpc) is 3.10. The Labute approximate surface area is 125 Å². The molecule has 0 bridgehead atoms. The molecule has 1 saturated heterocycles. The Morgan fingerprint density at radius 1 is 1.29 bits per heavy atom. The van der Waals surface area contributed by atoms with E-state index < -0.39 is 0 Å². The largest absolute Gasteiger partial charge is 0.508 e. The zero-order valence-corrected chi connectivity index (χ0v) is 11.8. The molecule has 0 spiro atoms. The zero-order valence-electron chi connectivity index (χ0n) is 10.9. The molecule has 1 aromatic carbocycles. The third kappa shape index (κ3) is 3.35. The number of rotatable bonds is 3. The number of thioether (sulfide) groups is 1. The average molecular weight is 300 g/mol. The Bertz CT molecular complexity index is 703. The molecule has 0 aliphatic carbocycles. The molecule has 0 radical (unpaired) electrons. The van der Waals surface area contributed by atoms with E-state index in [0.717, 1.165) is 11.3 Å². The first kappa shape index (κ1) is 13.5. The zero-order chi connectivity index (χ0) is 14.7. The fraction of sp³-hybridized carbons (Fsp3) is 0.0667. The molecule has 0 unspecified atom stereocenters. The second kappa shape index (κ2) is 5.88. The molecule has 0 saturated carbocycles. The number of furan rings is 1. The van der Waals surface area contributed by atoms with Crippen molar-refractivity contribution in [1.29, 1.82) is 0 Å². The molecule has 6 heteroatoms. The summed E-state index contributed by atoms with van der Waals surface area (Å²) in [7, 11) is 0. The molecule has 2 aromatic rings. The smallest absolute Gasteiger partial charge is 0.264 e. The number of nitrogens with one attached hydrogen (secondary N) is 1. The van der Waals surface area contributed by atoms with Crippen molar-refractivity contribution in [2.45, 2.75) is 6.54 Å². The summed E-state index contributed by atoms with van der Waals surface area (Å²) in [5.41, 5.74) is 0.845. The predicted octanol–water partition coefficient (Wildman–Crippen LogP) is 2.75. The fourth-order valence-electron chi connectivity index (χ4n) is 1.78. The molecule has 3 rings (SSSR count). The van der Waals surface area contributed by atoms with E-state index in [4.69, 9.17) is 4.42 Å². The van der Waals surface area contributed by atoms with Crippen molar-refractivity contribution in [2.24, 2.45) is 4.99 Å². The number of amidine groups is 1. The maximum absolute atomic E-state index is 11.9. The summed E-state index contributed by atoms with van der Waals surface area (Å²) >= 11 is 1.29. The Balaban J connectivity index is 1.72. The van der Waals surface area contributed by atoms with Crippen LogP contribution in [0.15, 0.2) is 57.0 Å². The van der Waals surface area contributed by atoms with Gasteiger partial charge < -0.3 is 14.8 Å². The van der Waals surface area contributed by atoms with Gasteiger partial charge in [-0.15, -0.1) is 0 Å². The van der Waals surface area contributed by atoms with E-state index in [1.165, 1.54) is 11.8 Å². The predicted molar refractivity (Wildman–Crippen MR) is 81.7 cm³/mol. The number of nitrogens with zero attached hydrogens (tertiary/aromatic N) is 1. The Morgan fingerprint density at radius 3 is 2.81 bits per heavy atom. The van der Waals surface area contributed by atoms with Gasteiger partial charge in [0.2, 0.25) is 0 Å². The quantitative estimate of drug-likeness (QED) is 0.855. The molecule has 5 nitrogen and oxygen atoms in total. The highest BCUT2D eigenvalue weighted by Crippen LogP contribution is 2.26. The SMILES string of the molecule is O=C1NC(=NCc2ccco2)S/C1=C\c1ccc(O)cc1. The van der Waals surface area contributed by atoms with Crippen LogP contribution >= 0.6 is 11.8 Å². The highest BCUT2D eigenvalue weighted by Gasteiger charge is 2.23. The molecule has 21 heavy (non-hydrogen) atoms. The van der Waals surface area contributed by atoms with Crippen molar-refractivity contribution in [2.75, 3.05) is 0 Å². The number of benzene rings is 1. The molecule has 2 heterocycles. The van der Waals surface area contributed by atoms with Crippen molar-refractivity contribution in [3.8, 4) is 5.75 Å². The lowest BCUT2D eigenvalue weighted by Crippen LogP contribution is -2.19. The number of phenolic OH excluding ortho intramolecular Hbond substituents is 1. The van der Waals surface area contributed by atoms with Gasteiger partial charge in [0.15, 0.2) is 5.17 Å². The van der Waals surface area contributed by atoms with Crippen molar-refractivity contribution < 1.29 is 14.3 Å². The van der Waals surface area contributed by atoms with Crippen molar-refractivity contribution in [3.05, 3.63) is 58.9 Å². The van der Waals surface area contributed by atoms with E-state index in [1.807, 2.05) is 6.07 Å². The van der Waals surface area contributed by atoms with Crippen molar-refractivity contribution in [1.82, 2.24) is 5.32 Å². The van der Waals surface area contributed by atoms with Crippen LogP contribution in [0.1, 0.15) is 11.3 Å². The van der Waals surface area contributed by atoms with Gasteiger partial charge in [0.1, 0.15) is 11.5 Å². The van der Waals surface area contributed by atoms with Crippen LogP contribution in [0.25, 0.3) is 6.08 Å². The van der Waals surface area contributed by atoms with E-state index in [0.29, 0.717) is 16.6 Å². The normalized spacial score (nSPS) is 18.4. The minimum absolute atomic E-state index is 0.175. The molecule has 1 aromatic heterocycles. The second-order valence-corrected chi connectivity index (χ2v) is 5.39. The molecule has 2 N–H and O–H groups in total. The van der Waals surface area contributed by atoms with Gasteiger partial charge in [0.25, 0.3) is 5.91 Å². The number of hydrogen-bond donors (Lipinski definition) is 2. The lowest BCUT2D eigenvalue weighted by Gasteiger charge is -1.95. The van der Waals surface area contributed by atoms with Crippen LogP contribution in [-0.4, -0.2) is 16.2 Å². The molecular formula is C15H12N2O3S. The highest BCUT2D eigenvalue weighted by molar-refractivity contribution is 8.18. The summed E-state index contributed by atoms with van der Waals surface area (Å²) in [5.74, 6) is 0.765. The summed E-state index contributed by atoms with van der Waals surface area (Å²) in [6, 6.07) is 10.3. The Morgan fingerprint density at radius 2 is 2.10 bits per heavy atom. The van der Waals surface area contributed by atoms with Crippen LogP contribution in [-0.2, 0) is 11.3 Å². The minimum atomic E-state index is -0.175. The molecular weight excluding hydrogens is 288 g/mol. The van der Waals surface area contributed by atoms with Crippen LogP contribution < -0.4 is 5.32 Å². The molecule has 1 aliphatic rings. The van der Waals surface area contributed by atoms with Gasteiger partial charge in [0, 0.05) is 0 Å². The van der Waals surface area contributed by atoms with Gasteiger partial charge in [0.05, 0.1) is 17.7 Å². The first-order valence-corrected chi connectivity index (χ1v) is 7.09. The first-order chi connectivity index (χ1) is 10.2. The van der Waals surface area contributed by atoms with E-state index in [1.54, 1.807) is 42.7 Å². The highest BCUT2D eigenvalue weighted by atomic mass is 32.2. The molecule has 1 amide bonds. The number of carbonyl (C=O) groups is 1. The third-order valence-corrected chi connectivity index (χ3v) is 3.75. The van der Waals surface area contributed by atoms with Gasteiger partial charge >= 0.3 is 0 Å². The lowest BCUT2D eigenvalue weighted by molar-refractivity contribution is -0.115. The summed E-state index contributed by atoms with van der Waals surface area (Å²) in [5, 5.41) is 12.5. The first-order valence-electron chi connectivity index (χ1n) is 6.27. The van der Waals surface area contributed by atoms with E-state index in [-0.39, 0.29) is 11.7 Å². The number of aliphatic imine (C=N–C) groups is 1. The molecule has 1 fully saturated rings. The van der Waals surface area contributed by atoms with Gasteiger partial charge in [-0.1, -0.05) is 12.1 Å².